The summed E-state index contributed by atoms with van der Waals surface area (Å²) >= 11 is 0. The Morgan fingerprint density at radius 3 is 2.59 bits per heavy atom. The fourth-order valence-electron chi connectivity index (χ4n) is 4.32. The van der Waals surface area contributed by atoms with Crippen LogP contribution in [0.4, 0.5) is 0 Å². The number of fused-ring (bicyclic) bond motifs is 1. The van der Waals surface area contributed by atoms with Gasteiger partial charge >= 0.3 is 0 Å². The van der Waals surface area contributed by atoms with Gasteiger partial charge in [0.1, 0.15) is 11.3 Å². The first-order valence-corrected chi connectivity index (χ1v) is 10.4. The molecule has 0 N–H and O–H groups in total. The van der Waals surface area contributed by atoms with E-state index in [-0.39, 0.29) is 23.9 Å². The number of aryl methyl sites for hydroxylation is 1. The maximum absolute atomic E-state index is 13.3. The van der Waals surface area contributed by atoms with Crippen LogP contribution in [0.1, 0.15) is 30.0 Å². The number of hydrogen-bond donors (Lipinski definition) is 0. The molecule has 0 unspecified atom stereocenters. The summed E-state index contributed by atoms with van der Waals surface area (Å²) in [6, 6.07) is 7.74. The molecular formula is C22H29N3O4. The van der Waals surface area contributed by atoms with Gasteiger partial charge in [0.05, 0.1) is 25.3 Å². The Morgan fingerprint density at radius 2 is 1.83 bits per heavy atom. The van der Waals surface area contributed by atoms with Crippen molar-refractivity contribution in [3.63, 3.8) is 0 Å². The summed E-state index contributed by atoms with van der Waals surface area (Å²) in [7, 11) is 0. The molecule has 2 aromatic rings. The zero-order valence-corrected chi connectivity index (χ0v) is 17.4. The smallest absolute Gasteiger partial charge is 0.258 e. The fraction of sp³-hybridized carbons (Fsp3) is 0.545. The van der Waals surface area contributed by atoms with Crippen LogP contribution in [0, 0.1) is 6.92 Å². The van der Waals surface area contributed by atoms with Gasteiger partial charge in [-0.2, -0.15) is 0 Å². The summed E-state index contributed by atoms with van der Waals surface area (Å²) in [5.41, 5.74) is 1.26. The van der Waals surface area contributed by atoms with Crippen molar-refractivity contribution in [3.05, 3.63) is 35.6 Å². The van der Waals surface area contributed by atoms with Crippen LogP contribution in [-0.4, -0.2) is 84.5 Å². The van der Waals surface area contributed by atoms with Crippen molar-refractivity contribution >= 4 is 22.8 Å². The Bertz CT molecular complexity index is 903. The van der Waals surface area contributed by atoms with E-state index in [0.29, 0.717) is 57.1 Å². The number of ether oxygens (including phenoxy) is 1. The number of carbonyl (C=O) groups is 2. The van der Waals surface area contributed by atoms with Crippen molar-refractivity contribution in [2.45, 2.75) is 32.9 Å². The molecule has 0 bridgehead atoms. The number of amides is 2. The van der Waals surface area contributed by atoms with Crippen molar-refractivity contribution < 1.29 is 18.7 Å². The molecule has 29 heavy (non-hydrogen) atoms. The van der Waals surface area contributed by atoms with Gasteiger partial charge in [0, 0.05) is 43.6 Å². The second-order valence-electron chi connectivity index (χ2n) is 8.02. The van der Waals surface area contributed by atoms with E-state index in [1.165, 1.54) is 0 Å². The predicted molar refractivity (Wildman–Crippen MR) is 110 cm³/mol. The SMILES string of the molecule is Cc1cc2cccc(C(=O)N3CCN(CC(=O)N4CCOCC4)[C@H](C)[C@H]3C)c2o1. The number of hydrogen-bond acceptors (Lipinski definition) is 5. The largest absolute Gasteiger partial charge is 0.461 e. The van der Waals surface area contributed by atoms with Crippen molar-refractivity contribution in [2.24, 2.45) is 0 Å². The third-order valence-electron chi connectivity index (χ3n) is 6.25. The molecule has 0 radical (unpaired) electrons. The molecule has 1 aromatic heterocycles. The van der Waals surface area contributed by atoms with Crippen LogP contribution in [0.3, 0.4) is 0 Å². The lowest BCUT2D eigenvalue weighted by atomic mass is 10.0. The molecule has 2 aliphatic rings. The lowest BCUT2D eigenvalue weighted by molar-refractivity contribution is -0.137. The first kappa shape index (κ1) is 19.9. The maximum Gasteiger partial charge on any atom is 0.258 e. The minimum Gasteiger partial charge on any atom is -0.461 e. The third-order valence-corrected chi connectivity index (χ3v) is 6.25. The number of morpholine rings is 1. The molecule has 2 aliphatic heterocycles. The highest BCUT2D eigenvalue weighted by molar-refractivity contribution is 6.05. The molecule has 2 atom stereocenters. The van der Waals surface area contributed by atoms with E-state index >= 15 is 0 Å². The van der Waals surface area contributed by atoms with Gasteiger partial charge in [0.25, 0.3) is 5.91 Å². The summed E-state index contributed by atoms with van der Waals surface area (Å²) in [5.74, 6) is 0.930. The maximum atomic E-state index is 13.3. The number of para-hydroxylation sites is 1. The summed E-state index contributed by atoms with van der Waals surface area (Å²) in [4.78, 5) is 31.9. The van der Waals surface area contributed by atoms with Crippen molar-refractivity contribution in [1.29, 1.82) is 0 Å². The minimum absolute atomic E-state index is 0.0000504. The standard InChI is InChI=1S/C22H29N3O4/c1-15-13-18-5-4-6-19(21(18)29-15)22(27)25-8-7-24(16(2)17(25)3)14-20(26)23-9-11-28-12-10-23/h4-6,13,16-17H,7-12,14H2,1-3H3/t16-,17-/m1/s1. The van der Waals surface area contributed by atoms with Gasteiger partial charge in [-0.05, 0) is 32.9 Å². The van der Waals surface area contributed by atoms with Crippen molar-refractivity contribution in [3.8, 4) is 0 Å². The zero-order chi connectivity index (χ0) is 20.5. The number of furan rings is 1. The highest BCUT2D eigenvalue weighted by atomic mass is 16.5. The molecule has 2 saturated heterocycles. The van der Waals surface area contributed by atoms with Crippen LogP contribution in [-0.2, 0) is 9.53 Å². The molecule has 3 heterocycles. The average molecular weight is 399 g/mol. The molecule has 0 spiro atoms. The fourth-order valence-corrected chi connectivity index (χ4v) is 4.32. The van der Waals surface area contributed by atoms with Gasteiger partial charge < -0.3 is 19.0 Å². The quantitative estimate of drug-likeness (QED) is 0.791. The monoisotopic (exact) mass is 399 g/mol. The zero-order valence-electron chi connectivity index (χ0n) is 17.4. The molecule has 4 rings (SSSR count). The van der Waals surface area contributed by atoms with Crippen molar-refractivity contribution in [2.75, 3.05) is 45.9 Å². The summed E-state index contributed by atoms with van der Waals surface area (Å²) in [6.07, 6.45) is 0. The first-order valence-electron chi connectivity index (χ1n) is 10.4. The van der Waals surface area contributed by atoms with E-state index in [9.17, 15) is 9.59 Å². The van der Waals surface area contributed by atoms with E-state index < -0.39 is 0 Å². The Morgan fingerprint density at radius 1 is 1.07 bits per heavy atom. The van der Waals surface area contributed by atoms with Crippen LogP contribution in [0.2, 0.25) is 0 Å². The van der Waals surface area contributed by atoms with Gasteiger partial charge in [-0.25, -0.2) is 0 Å². The lowest BCUT2D eigenvalue weighted by Gasteiger charge is -2.45. The normalized spacial score (nSPS) is 23.6. The van der Waals surface area contributed by atoms with E-state index in [1.807, 2.05) is 41.0 Å². The third kappa shape index (κ3) is 3.89. The van der Waals surface area contributed by atoms with E-state index in [2.05, 4.69) is 18.7 Å². The van der Waals surface area contributed by atoms with Crippen LogP contribution >= 0.6 is 0 Å². The van der Waals surface area contributed by atoms with Crippen LogP contribution in [0.5, 0.6) is 0 Å². The van der Waals surface area contributed by atoms with Crippen molar-refractivity contribution in [1.82, 2.24) is 14.7 Å². The highest BCUT2D eigenvalue weighted by Crippen LogP contribution is 2.26. The number of rotatable bonds is 3. The Hall–Kier alpha value is -2.38. The average Bonchev–Trinajstić information content (AvgIpc) is 3.12. The molecule has 0 saturated carbocycles. The first-order chi connectivity index (χ1) is 14.0. The number of piperazine rings is 1. The van der Waals surface area contributed by atoms with Crippen LogP contribution in [0.25, 0.3) is 11.0 Å². The molecular weight excluding hydrogens is 370 g/mol. The van der Waals surface area contributed by atoms with Gasteiger partial charge in [0.2, 0.25) is 5.91 Å². The van der Waals surface area contributed by atoms with Crippen LogP contribution < -0.4 is 0 Å². The Kier molecular flexibility index (Phi) is 5.61. The molecule has 2 fully saturated rings. The molecule has 2 amide bonds. The van der Waals surface area contributed by atoms with Gasteiger partial charge in [0.15, 0.2) is 0 Å². The van der Waals surface area contributed by atoms with E-state index in [4.69, 9.17) is 9.15 Å². The molecule has 7 heteroatoms. The van der Waals surface area contributed by atoms with E-state index in [1.54, 1.807) is 0 Å². The molecule has 0 aliphatic carbocycles. The predicted octanol–water partition coefficient (Wildman–Crippen LogP) is 2.13. The summed E-state index contributed by atoms with van der Waals surface area (Å²) in [6.45, 7) is 10.2. The molecule has 7 nitrogen and oxygen atoms in total. The van der Waals surface area contributed by atoms with Crippen LogP contribution in [0.15, 0.2) is 28.7 Å². The van der Waals surface area contributed by atoms with Gasteiger partial charge in [-0.3, -0.25) is 14.5 Å². The summed E-state index contributed by atoms with van der Waals surface area (Å²) in [5, 5.41) is 0.948. The summed E-state index contributed by atoms with van der Waals surface area (Å²) < 4.78 is 11.1. The number of nitrogens with zero attached hydrogens (tertiary/aromatic N) is 3. The number of benzene rings is 1. The van der Waals surface area contributed by atoms with Gasteiger partial charge in [-0.15, -0.1) is 0 Å². The highest BCUT2D eigenvalue weighted by Gasteiger charge is 2.36. The second-order valence-corrected chi connectivity index (χ2v) is 8.02. The Labute approximate surface area is 171 Å². The van der Waals surface area contributed by atoms with Gasteiger partial charge in [-0.1, -0.05) is 12.1 Å². The number of carbonyl (C=O) groups excluding carboxylic acids is 2. The lowest BCUT2D eigenvalue weighted by Crippen LogP contribution is -2.60. The molecule has 156 valence electrons. The Balaban J connectivity index is 1.46. The van der Waals surface area contributed by atoms with E-state index in [0.717, 1.165) is 11.1 Å². The minimum atomic E-state index is -0.0107. The topological polar surface area (TPSA) is 66.2 Å². The second kappa shape index (κ2) is 8.16. The molecule has 1 aromatic carbocycles.